The van der Waals surface area contributed by atoms with Crippen molar-refractivity contribution in [1.82, 2.24) is 4.98 Å². The molecule has 7 heteroatoms. The lowest BCUT2D eigenvalue weighted by Crippen LogP contribution is -2.64. The first kappa shape index (κ1) is 18.5. The van der Waals surface area contributed by atoms with E-state index in [0.29, 0.717) is 29.7 Å². The Morgan fingerprint density at radius 1 is 1.24 bits per heavy atom. The van der Waals surface area contributed by atoms with E-state index in [1.54, 1.807) is 31.3 Å². The van der Waals surface area contributed by atoms with Crippen LogP contribution in [0.1, 0.15) is 11.1 Å². The average molecular weight is 456 g/mol. The SMILES string of the molecule is COCc1ccc(N2CC3(C2)C(=O)N(C)c2cnc4cc(F)c(Br)cc4c23)cc1. The molecule has 1 fully saturated rings. The quantitative estimate of drug-likeness (QED) is 0.598. The molecule has 2 aliphatic rings. The summed E-state index contributed by atoms with van der Waals surface area (Å²) in [4.78, 5) is 21.5. The first-order chi connectivity index (χ1) is 13.9. The molecule has 29 heavy (non-hydrogen) atoms. The number of nitrogens with zero attached hydrogens (tertiary/aromatic N) is 3. The summed E-state index contributed by atoms with van der Waals surface area (Å²) in [6.45, 7) is 1.74. The number of benzene rings is 2. The number of likely N-dealkylation sites (N-methyl/N-ethyl adjacent to an activating group) is 1. The van der Waals surface area contributed by atoms with E-state index in [9.17, 15) is 9.18 Å². The van der Waals surface area contributed by atoms with Gasteiger partial charge in [0.25, 0.3) is 0 Å². The van der Waals surface area contributed by atoms with E-state index in [1.807, 2.05) is 12.1 Å². The first-order valence-electron chi connectivity index (χ1n) is 9.34. The second-order valence-electron chi connectivity index (χ2n) is 7.70. The maximum atomic E-state index is 14.0. The summed E-state index contributed by atoms with van der Waals surface area (Å²) in [6.07, 6.45) is 1.68. The maximum Gasteiger partial charge on any atom is 0.241 e. The summed E-state index contributed by atoms with van der Waals surface area (Å²) in [7, 11) is 3.46. The second-order valence-corrected chi connectivity index (χ2v) is 8.56. The number of methoxy groups -OCH3 is 1. The Kier molecular flexibility index (Phi) is 4.15. The number of fused-ring (bicyclic) bond motifs is 4. The molecule has 0 unspecified atom stereocenters. The highest BCUT2D eigenvalue weighted by atomic mass is 79.9. The largest absolute Gasteiger partial charge is 0.380 e. The van der Waals surface area contributed by atoms with E-state index in [-0.39, 0.29) is 11.7 Å². The lowest BCUT2D eigenvalue weighted by Gasteiger charge is -2.48. The van der Waals surface area contributed by atoms with Crippen LogP contribution in [0.5, 0.6) is 0 Å². The van der Waals surface area contributed by atoms with Gasteiger partial charge in [-0.3, -0.25) is 9.78 Å². The van der Waals surface area contributed by atoms with Crippen molar-refractivity contribution < 1.29 is 13.9 Å². The standard InChI is InChI=1S/C22H19BrFN3O2/c1-26-19-9-25-18-8-17(24)16(23)7-15(18)20(19)22(21(26)28)11-27(12-22)14-5-3-13(4-6-14)10-29-2/h3-9H,10-12H2,1-2H3. The fourth-order valence-corrected chi connectivity index (χ4v) is 4.87. The highest BCUT2D eigenvalue weighted by Gasteiger charge is 2.58. The first-order valence-corrected chi connectivity index (χ1v) is 10.1. The Labute approximate surface area is 176 Å². The smallest absolute Gasteiger partial charge is 0.241 e. The number of carbonyl (C=O) groups excluding carboxylic acids is 1. The van der Waals surface area contributed by atoms with Gasteiger partial charge in [0.1, 0.15) is 11.2 Å². The van der Waals surface area contributed by atoms with Gasteiger partial charge in [-0.1, -0.05) is 12.1 Å². The van der Waals surface area contributed by atoms with Gasteiger partial charge in [-0.25, -0.2) is 4.39 Å². The highest BCUT2D eigenvalue weighted by molar-refractivity contribution is 9.10. The number of hydrogen-bond donors (Lipinski definition) is 0. The van der Waals surface area contributed by atoms with Gasteiger partial charge in [0, 0.05) is 50.0 Å². The van der Waals surface area contributed by atoms with Crippen LogP contribution in [0, 0.1) is 5.82 Å². The number of ether oxygens (including phenoxy) is 1. The Hall–Kier alpha value is -2.51. The molecule has 1 saturated heterocycles. The van der Waals surface area contributed by atoms with Crippen molar-refractivity contribution in [1.29, 1.82) is 0 Å². The molecular weight excluding hydrogens is 437 g/mol. The molecule has 1 amide bonds. The lowest BCUT2D eigenvalue weighted by molar-refractivity contribution is -0.123. The second kappa shape index (κ2) is 6.50. The van der Waals surface area contributed by atoms with Crippen LogP contribution in [0.4, 0.5) is 15.8 Å². The van der Waals surface area contributed by atoms with E-state index in [2.05, 4.69) is 37.9 Å². The number of amides is 1. The molecule has 1 spiro atoms. The predicted molar refractivity (Wildman–Crippen MR) is 114 cm³/mol. The van der Waals surface area contributed by atoms with Gasteiger partial charge in [-0.15, -0.1) is 0 Å². The summed E-state index contributed by atoms with van der Waals surface area (Å²) >= 11 is 3.28. The fraction of sp³-hybridized carbons (Fsp3) is 0.273. The summed E-state index contributed by atoms with van der Waals surface area (Å²) in [5.41, 5.74) is 3.86. The summed E-state index contributed by atoms with van der Waals surface area (Å²) < 4.78 is 19.6. The molecule has 2 aliphatic heterocycles. The summed E-state index contributed by atoms with van der Waals surface area (Å²) in [5.74, 6) is -0.294. The number of pyridine rings is 1. The molecule has 2 aromatic carbocycles. The van der Waals surface area contributed by atoms with Crippen molar-refractivity contribution in [2.24, 2.45) is 0 Å². The van der Waals surface area contributed by atoms with Crippen LogP contribution in [0.2, 0.25) is 0 Å². The van der Waals surface area contributed by atoms with Crippen LogP contribution in [0.3, 0.4) is 0 Å². The van der Waals surface area contributed by atoms with Gasteiger partial charge in [0.05, 0.1) is 28.5 Å². The molecule has 0 radical (unpaired) electrons. The van der Waals surface area contributed by atoms with Crippen LogP contribution in [-0.4, -0.2) is 38.1 Å². The van der Waals surface area contributed by atoms with E-state index in [1.165, 1.54) is 6.07 Å². The van der Waals surface area contributed by atoms with Crippen LogP contribution >= 0.6 is 15.9 Å². The van der Waals surface area contributed by atoms with Crippen molar-refractivity contribution in [2.75, 3.05) is 37.0 Å². The van der Waals surface area contributed by atoms with E-state index >= 15 is 0 Å². The number of carbonyl (C=O) groups is 1. The van der Waals surface area contributed by atoms with Crippen LogP contribution in [-0.2, 0) is 21.6 Å². The normalized spacial score (nSPS) is 17.2. The molecule has 3 aromatic rings. The van der Waals surface area contributed by atoms with Gasteiger partial charge in [0.2, 0.25) is 5.91 Å². The van der Waals surface area contributed by atoms with Crippen molar-refractivity contribution in [3.63, 3.8) is 0 Å². The fourth-order valence-electron chi connectivity index (χ4n) is 4.52. The van der Waals surface area contributed by atoms with Crippen molar-refractivity contribution in [3.8, 4) is 0 Å². The van der Waals surface area contributed by atoms with Crippen molar-refractivity contribution in [3.05, 3.63) is 64.0 Å². The molecule has 0 saturated carbocycles. The molecule has 1 aromatic heterocycles. The zero-order valence-electron chi connectivity index (χ0n) is 16.1. The maximum absolute atomic E-state index is 14.0. The molecule has 0 atom stereocenters. The van der Waals surface area contributed by atoms with Crippen LogP contribution in [0.25, 0.3) is 10.9 Å². The Morgan fingerprint density at radius 2 is 1.97 bits per heavy atom. The third-order valence-electron chi connectivity index (χ3n) is 5.98. The zero-order valence-corrected chi connectivity index (χ0v) is 17.7. The minimum absolute atomic E-state index is 0.0644. The van der Waals surface area contributed by atoms with Crippen LogP contribution in [0.15, 0.2) is 47.1 Å². The van der Waals surface area contributed by atoms with Crippen molar-refractivity contribution in [2.45, 2.75) is 12.0 Å². The third kappa shape index (κ3) is 2.60. The van der Waals surface area contributed by atoms with Gasteiger partial charge in [-0.05, 0) is 39.7 Å². The minimum atomic E-state index is -0.631. The number of halogens is 2. The van der Waals surface area contributed by atoms with E-state index in [0.717, 1.165) is 27.9 Å². The van der Waals surface area contributed by atoms with E-state index in [4.69, 9.17) is 4.74 Å². The molecule has 0 N–H and O–H groups in total. The molecule has 148 valence electrons. The molecule has 5 nitrogen and oxygen atoms in total. The Balaban J connectivity index is 1.55. The molecule has 5 rings (SSSR count). The van der Waals surface area contributed by atoms with Gasteiger partial charge < -0.3 is 14.5 Å². The van der Waals surface area contributed by atoms with E-state index < -0.39 is 5.41 Å². The number of aromatic nitrogens is 1. The van der Waals surface area contributed by atoms with Crippen LogP contribution < -0.4 is 9.80 Å². The third-order valence-corrected chi connectivity index (χ3v) is 6.59. The number of anilines is 2. The number of hydrogen-bond acceptors (Lipinski definition) is 4. The van der Waals surface area contributed by atoms with Crippen molar-refractivity contribution >= 4 is 44.1 Å². The Bertz CT molecular complexity index is 1140. The number of rotatable bonds is 3. The topological polar surface area (TPSA) is 45.7 Å². The van der Waals surface area contributed by atoms with Gasteiger partial charge in [-0.2, -0.15) is 0 Å². The predicted octanol–water partition coefficient (Wildman–Crippen LogP) is 4.02. The average Bonchev–Trinajstić information content (AvgIpc) is 2.91. The molecular formula is C22H19BrFN3O2. The Morgan fingerprint density at radius 3 is 2.66 bits per heavy atom. The highest BCUT2D eigenvalue weighted by Crippen LogP contribution is 2.50. The summed E-state index contributed by atoms with van der Waals surface area (Å²) in [6, 6.07) is 11.4. The molecule has 0 bridgehead atoms. The molecule has 0 aliphatic carbocycles. The lowest BCUT2D eigenvalue weighted by atomic mass is 9.73. The molecule has 3 heterocycles. The monoisotopic (exact) mass is 455 g/mol. The zero-order chi connectivity index (χ0) is 20.3. The summed E-state index contributed by atoms with van der Waals surface area (Å²) in [5, 5.41) is 0.823. The minimum Gasteiger partial charge on any atom is -0.380 e. The van der Waals surface area contributed by atoms with Gasteiger partial charge >= 0.3 is 0 Å². The van der Waals surface area contributed by atoms with Gasteiger partial charge in [0.15, 0.2) is 0 Å².